The summed E-state index contributed by atoms with van der Waals surface area (Å²) in [5.41, 5.74) is 0. The van der Waals surface area contributed by atoms with E-state index in [4.69, 9.17) is 9.47 Å². The lowest BCUT2D eigenvalue weighted by Gasteiger charge is -2.34. The second-order valence-electron chi connectivity index (χ2n) is 7.92. The van der Waals surface area contributed by atoms with Gasteiger partial charge in [0.1, 0.15) is 0 Å². The van der Waals surface area contributed by atoms with Crippen molar-refractivity contribution in [3.63, 3.8) is 0 Å². The zero-order valence-corrected chi connectivity index (χ0v) is 18.9. The molecule has 32 heavy (non-hydrogen) atoms. The average Bonchev–Trinajstić information content (AvgIpc) is 3.01. The number of rotatable bonds is 16. The van der Waals surface area contributed by atoms with Gasteiger partial charge in [0.25, 0.3) is 6.29 Å². The molecule has 1 aliphatic heterocycles. The fraction of sp³-hybridized carbons (Fsp3) is 0.773. The Labute approximate surface area is 188 Å². The van der Waals surface area contributed by atoms with Crippen LogP contribution in [0.25, 0.3) is 0 Å². The zero-order chi connectivity index (χ0) is 24.1. The van der Waals surface area contributed by atoms with Gasteiger partial charge in [-0.25, -0.2) is 4.79 Å². The van der Waals surface area contributed by atoms with Gasteiger partial charge < -0.3 is 34.6 Å². The van der Waals surface area contributed by atoms with Crippen molar-refractivity contribution in [1.29, 1.82) is 0 Å². The highest BCUT2D eigenvalue weighted by Gasteiger charge is 2.58. The Kier molecular flexibility index (Phi) is 12.1. The van der Waals surface area contributed by atoms with Crippen molar-refractivity contribution in [3.05, 3.63) is 11.5 Å². The molecule has 10 heteroatoms. The van der Waals surface area contributed by atoms with Crippen LogP contribution in [-0.4, -0.2) is 56.5 Å². The van der Waals surface area contributed by atoms with E-state index < -0.39 is 47.6 Å². The van der Waals surface area contributed by atoms with E-state index in [1.807, 2.05) is 6.92 Å². The van der Waals surface area contributed by atoms with Gasteiger partial charge in [-0.1, -0.05) is 65.2 Å². The minimum Gasteiger partial charge on any atom is -0.505 e. The van der Waals surface area contributed by atoms with Crippen molar-refractivity contribution in [2.24, 2.45) is 0 Å². The van der Waals surface area contributed by atoms with Crippen LogP contribution in [0.15, 0.2) is 11.5 Å². The lowest BCUT2D eigenvalue weighted by Crippen LogP contribution is -2.57. The van der Waals surface area contributed by atoms with Crippen molar-refractivity contribution in [2.45, 2.75) is 109 Å². The molecule has 3 atom stereocenters. The molecule has 4 N–H and O–H groups in total. The summed E-state index contributed by atoms with van der Waals surface area (Å²) in [6.45, 7) is 4.09. The number of esters is 3. The van der Waals surface area contributed by atoms with Crippen molar-refractivity contribution >= 4 is 17.9 Å². The summed E-state index contributed by atoms with van der Waals surface area (Å²) in [7, 11) is 0. The molecule has 184 valence electrons. The number of ether oxygens (including phenoxy) is 3. The molecule has 0 amide bonds. The first-order chi connectivity index (χ1) is 15.2. The Morgan fingerprint density at radius 1 is 0.938 bits per heavy atom. The molecular weight excluding hydrogens is 424 g/mol. The molecule has 0 aromatic carbocycles. The van der Waals surface area contributed by atoms with E-state index in [2.05, 4.69) is 11.7 Å². The molecule has 0 saturated heterocycles. The number of carbonyl (C=O) groups excluding carboxylic acids is 3. The van der Waals surface area contributed by atoms with E-state index in [9.17, 15) is 34.8 Å². The normalized spacial score (nSPS) is 18.8. The highest BCUT2D eigenvalue weighted by molar-refractivity contribution is 5.89. The van der Waals surface area contributed by atoms with E-state index in [1.165, 1.54) is 0 Å². The van der Waals surface area contributed by atoms with Crippen LogP contribution in [0.3, 0.4) is 0 Å². The van der Waals surface area contributed by atoms with E-state index >= 15 is 0 Å². The van der Waals surface area contributed by atoms with E-state index in [1.54, 1.807) is 0 Å². The Hall–Kier alpha value is -2.33. The van der Waals surface area contributed by atoms with Crippen LogP contribution in [0, 0.1) is 0 Å². The van der Waals surface area contributed by atoms with Crippen LogP contribution in [0.2, 0.25) is 0 Å². The summed E-state index contributed by atoms with van der Waals surface area (Å²) in [6.07, 6.45) is 3.55. The molecule has 0 saturated carbocycles. The predicted molar refractivity (Wildman–Crippen MR) is 112 cm³/mol. The molecule has 1 rings (SSSR count). The van der Waals surface area contributed by atoms with E-state index in [0.29, 0.717) is 12.8 Å². The monoisotopic (exact) mass is 460 g/mol. The summed E-state index contributed by atoms with van der Waals surface area (Å²) >= 11 is 0. The van der Waals surface area contributed by atoms with Crippen LogP contribution in [0.1, 0.15) is 90.9 Å². The predicted octanol–water partition coefficient (Wildman–Crippen LogP) is 3.05. The standard InChI is InChI=1S/C22H36O10/c1-3-5-7-9-11-13-15(23)30-21(28)22(29,19-17(25)18(26)20(27)31-19)32-16(24)14-12-10-8-6-4-2/h19,21,25-26,28-29H,3-14H2,1-2H3/t19-,21?,22-/m0/s1. The van der Waals surface area contributed by atoms with Crippen LogP contribution in [0.4, 0.5) is 0 Å². The third-order valence-corrected chi connectivity index (χ3v) is 5.13. The summed E-state index contributed by atoms with van der Waals surface area (Å²) in [5.74, 6) is -8.73. The van der Waals surface area contributed by atoms with Crippen LogP contribution >= 0.6 is 0 Å². The van der Waals surface area contributed by atoms with Gasteiger partial charge in [0.15, 0.2) is 5.76 Å². The van der Waals surface area contributed by atoms with Crippen molar-refractivity contribution in [3.8, 4) is 0 Å². The summed E-state index contributed by atoms with van der Waals surface area (Å²) in [5, 5.41) is 40.6. The summed E-state index contributed by atoms with van der Waals surface area (Å²) < 4.78 is 14.4. The average molecular weight is 461 g/mol. The summed E-state index contributed by atoms with van der Waals surface area (Å²) in [4.78, 5) is 35.8. The maximum Gasteiger partial charge on any atom is 0.378 e. The minimum absolute atomic E-state index is 0.0558. The molecule has 0 radical (unpaired) electrons. The van der Waals surface area contributed by atoms with Crippen LogP contribution in [0.5, 0.6) is 0 Å². The maximum absolute atomic E-state index is 12.2. The summed E-state index contributed by atoms with van der Waals surface area (Å²) in [6, 6.07) is 0. The van der Waals surface area contributed by atoms with Gasteiger partial charge in [0.2, 0.25) is 11.9 Å². The highest BCUT2D eigenvalue weighted by atomic mass is 16.7. The van der Waals surface area contributed by atoms with Gasteiger partial charge >= 0.3 is 23.7 Å². The smallest absolute Gasteiger partial charge is 0.378 e. The van der Waals surface area contributed by atoms with Crippen molar-refractivity contribution in [2.75, 3.05) is 0 Å². The molecule has 1 heterocycles. The number of cyclic esters (lactones) is 1. The number of carbonyl (C=O) groups is 3. The number of hydrogen-bond acceptors (Lipinski definition) is 10. The molecule has 0 fully saturated rings. The first kappa shape index (κ1) is 27.7. The number of unbranched alkanes of at least 4 members (excludes halogenated alkanes) is 8. The molecule has 0 aromatic heterocycles. The second-order valence-corrected chi connectivity index (χ2v) is 7.92. The molecule has 0 bridgehead atoms. The van der Waals surface area contributed by atoms with Crippen LogP contribution < -0.4 is 0 Å². The van der Waals surface area contributed by atoms with Gasteiger partial charge in [-0.2, -0.15) is 0 Å². The fourth-order valence-electron chi connectivity index (χ4n) is 3.21. The quantitative estimate of drug-likeness (QED) is 0.117. The first-order valence-electron chi connectivity index (χ1n) is 11.3. The lowest BCUT2D eigenvalue weighted by molar-refractivity contribution is -0.330. The molecule has 10 nitrogen and oxygen atoms in total. The van der Waals surface area contributed by atoms with Gasteiger partial charge in [-0.05, 0) is 12.8 Å². The lowest BCUT2D eigenvalue weighted by atomic mass is 10.1. The van der Waals surface area contributed by atoms with Crippen molar-refractivity contribution in [1.82, 2.24) is 0 Å². The SMILES string of the molecule is CCCCCCCC(=O)OC(O)[C@@](O)(OC(=O)CCCCCCC)[C@H]1OC(=O)C(O)=C1O. The Morgan fingerprint density at radius 3 is 1.91 bits per heavy atom. The second kappa shape index (κ2) is 13.9. The molecule has 0 aromatic rings. The molecule has 0 spiro atoms. The van der Waals surface area contributed by atoms with Crippen LogP contribution in [-0.2, 0) is 28.6 Å². The topological polar surface area (TPSA) is 160 Å². The van der Waals surface area contributed by atoms with E-state index in [-0.39, 0.29) is 12.8 Å². The Balaban J connectivity index is 2.80. The third kappa shape index (κ3) is 8.31. The van der Waals surface area contributed by atoms with Gasteiger partial charge in [0.05, 0.1) is 0 Å². The number of aliphatic hydroxyl groups is 4. The molecule has 1 unspecified atom stereocenters. The van der Waals surface area contributed by atoms with Gasteiger partial charge in [-0.3, -0.25) is 9.59 Å². The minimum atomic E-state index is -3.14. The van der Waals surface area contributed by atoms with Gasteiger partial charge in [0, 0.05) is 12.8 Å². The Bertz CT molecular complexity index is 659. The molecule has 1 aliphatic rings. The van der Waals surface area contributed by atoms with Crippen molar-refractivity contribution < 1.29 is 49.0 Å². The Morgan fingerprint density at radius 2 is 1.44 bits per heavy atom. The zero-order valence-electron chi connectivity index (χ0n) is 18.9. The number of hydrogen-bond donors (Lipinski definition) is 4. The number of aliphatic hydroxyl groups excluding tert-OH is 3. The fourth-order valence-corrected chi connectivity index (χ4v) is 3.21. The maximum atomic E-state index is 12.2. The third-order valence-electron chi connectivity index (χ3n) is 5.13. The largest absolute Gasteiger partial charge is 0.505 e. The highest BCUT2D eigenvalue weighted by Crippen LogP contribution is 2.33. The molecule has 0 aliphatic carbocycles. The first-order valence-corrected chi connectivity index (χ1v) is 11.3. The van der Waals surface area contributed by atoms with Gasteiger partial charge in [-0.15, -0.1) is 0 Å². The molecular formula is C22H36O10. The van der Waals surface area contributed by atoms with E-state index in [0.717, 1.165) is 51.4 Å².